The van der Waals surface area contributed by atoms with Gasteiger partial charge in [-0.15, -0.1) is 11.8 Å². The molecule has 26 heavy (non-hydrogen) atoms. The quantitative estimate of drug-likeness (QED) is 0.866. The van der Waals surface area contributed by atoms with Crippen molar-refractivity contribution in [3.05, 3.63) is 59.4 Å². The zero-order valence-corrected chi connectivity index (χ0v) is 16.0. The first kappa shape index (κ1) is 18.9. The van der Waals surface area contributed by atoms with Crippen molar-refractivity contribution in [3.8, 4) is 0 Å². The van der Waals surface area contributed by atoms with Crippen molar-refractivity contribution < 1.29 is 17.6 Å². The Morgan fingerprint density at radius 3 is 2.54 bits per heavy atom. The molecule has 8 heteroatoms. The Hall–Kier alpha value is -1.90. The molecule has 1 atom stereocenters. The van der Waals surface area contributed by atoms with Crippen LogP contribution in [-0.4, -0.2) is 38.5 Å². The zero-order valence-electron chi connectivity index (χ0n) is 14.4. The fourth-order valence-electron chi connectivity index (χ4n) is 2.75. The van der Waals surface area contributed by atoms with Crippen LogP contribution >= 0.6 is 11.8 Å². The van der Waals surface area contributed by atoms with Gasteiger partial charge in [-0.2, -0.15) is 0 Å². The highest BCUT2D eigenvalue weighted by atomic mass is 32.2. The average molecular weight is 394 g/mol. The van der Waals surface area contributed by atoms with Crippen LogP contribution in [0, 0.1) is 5.82 Å². The van der Waals surface area contributed by atoms with E-state index in [-0.39, 0.29) is 22.7 Å². The Kier molecular flexibility index (Phi) is 5.36. The van der Waals surface area contributed by atoms with Gasteiger partial charge in [0, 0.05) is 30.3 Å². The Morgan fingerprint density at radius 2 is 1.88 bits per heavy atom. The van der Waals surface area contributed by atoms with E-state index >= 15 is 0 Å². The molecular weight excluding hydrogens is 375 g/mol. The standard InChI is InChI=1S/C18H19FN2O3S2/c1-21(2)26(23,24)14-6-3-12(4-7-14)18(22)20-16-9-10-25-17-8-5-13(19)11-15(16)17/h3-8,11,16H,9-10H2,1-2H3,(H,20,22)/t16-/m1/s1. The summed E-state index contributed by atoms with van der Waals surface area (Å²) in [6, 6.07) is 10.1. The number of carbonyl (C=O) groups excluding carboxylic acids is 1. The lowest BCUT2D eigenvalue weighted by Gasteiger charge is -2.26. The molecule has 0 radical (unpaired) electrons. The van der Waals surface area contributed by atoms with E-state index in [4.69, 9.17) is 0 Å². The predicted octanol–water partition coefficient (Wildman–Crippen LogP) is 3.04. The largest absolute Gasteiger partial charge is 0.345 e. The summed E-state index contributed by atoms with van der Waals surface area (Å²) in [6.45, 7) is 0. The van der Waals surface area contributed by atoms with Gasteiger partial charge in [0.15, 0.2) is 0 Å². The van der Waals surface area contributed by atoms with Crippen molar-refractivity contribution in [2.45, 2.75) is 22.3 Å². The summed E-state index contributed by atoms with van der Waals surface area (Å²) in [6.07, 6.45) is 0.708. The fraction of sp³-hybridized carbons (Fsp3) is 0.278. The first-order valence-corrected chi connectivity index (χ1v) is 10.5. The summed E-state index contributed by atoms with van der Waals surface area (Å²) in [7, 11) is -0.630. The molecule has 1 aliphatic rings. The third-order valence-electron chi connectivity index (χ3n) is 4.21. The number of fused-ring (bicyclic) bond motifs is 1. The first-order valence-electron chi connectivity index (χ1n) is 8.05. The van der Waals surface area contributed by atoms with Crippen molar-refractivity contribution >= 4 is 27.7 Å². The second-order valence-electron chi connectivity index (χ2n) is 6.16. The normalized spacial score (nSPS) is 17.0. The third-order valence-corrected chi connectivity index (χ3v) is 7.16. The molecule has 0 saturated carbocycles. The molecule has 0 saturated heterocycles. The number of hydrogen-bond donors (Lipinski definition) is 1. The average Bonchev–Trinajstić information content (AvgIpc) is 2.62. The summed E-state index contributed by atoms with van der Waals surface area (Å²) >= 11 is 1.64. The topological polar surface area (TPSA) is 66.5 Å². The number of rotatable bonds is 4. The maximum Gasteiger partial charge on any atom is 0.251 e. The van der Waals surface area contributed by atoms with Crippen LogP contribution in [0.3, 0.4) is 0 Å². The molecule has 0 unspecified atom stereocenters. The fourth-order valence-corrected chi connectivity index (χ4v) is 4.75. The number of halogens is 1. The molecule has 0 bridgehead atoms. The summed E-state index contributed by atoms with van der Waals surface area (Å²) in [4.78, 5) is 13.6. The van der Waals surface area contributed by atoms with E-state index in [9.17, 15) is 17.6 Å². The molecule has 0 aliphatic carbocycles. The molecule has 3 rings (SSSR count). The Bertz CT molecular complexity index is 928. The van der Waals surface area contributed by atoms with Gasteiger partial charge in [0.1, 0.15) is 5.82 Å². The highest BCUT2D eigenvalue weighted by molar-refractivity contribution is 7.99. The van der Waals surface area contributed by atoms with Crippen LogP contribution < -0.4 is 5.32 Å². The van der Waals surface area contributed by atoms with Crippen LogP contribution in [0.4, 0.5) is 4.39 Å². The third kappa shape index (κ3) is 3.77. The van der Waals surface area contributed by atoms with Gasteiger partial charge >= 0.3 is 0 Å². The van der Waals surface area contributed by atoms with Gasteiger partial charge in [-0.3, -0.25) is 4.79 Å². The van der Waals surface area contributed by atoms with Crippen molar-refractivity contribution in [2.24, 2.45) is 0 Å². The number of carbonyl (C=O) groups is 1. The summed E-state index contributed by atoms with van der Waals surface area (Å²) < 4.78 is 38.9. The van der Waals surface area contributed by atoms with E-state index in [0.29, 0.717) is 12.0 Å². The molecule has 5 nitrogen and oxygen atoms in total. The maximum absolute atomic E-state index is 13.6. The summed E-state index contributed by atoms with van der Waals surface area (Å²) in [5, 5.41) is 2.92. The Labute approximate surface area is 156 Å². The van der Waals surface area contributed by atoms with Crippen LogP contribution in [0.5, 0.6) is 0 Å². The van der Waals surface area contributed by atoms with Crippen LogP contribution in [0.2, 0.25) is 0 Å². The van der Waals surface area contributed by atoms with Crippen LogP contribution in [0.25, 0.3) is 0 Å². The Morgan fingerprint density at radius 1 is 1.19 bits per heavy atom. The van der Waals surface area contributed by atoms with Gasteiger partial charge in [-0.1, -0.05) is 0 Å². The SMILES string of the molecule is CN(C)S(=O)(=O)c1ccc(C(=O)N[C@@H]2CCSc3ccc(F)cc32)cc1. The molecular formula is C18H19FN2O3S2. The van der Waals surface area contributed by atoms with Gasteiger partial charge in [-0.25, -0.2) is 17.1 Å². The van der Waals surface area contributed by atoms with Gasteiger partial charge in [-0.05, 0) is 54.4 Å². The highest BCUT2D eigenvalue weighted by Crippen LogP contribution is 2.36. The number of amides is 1. The minimum absolute atomic E-state index is 0.125. The first-order chi connectivity index (χ1) is 12.3. The smallest absolute Gasteiger partial charge is 0.251 e. The van der Waals surface area contributed by atoms with Crippen molar-refractivity contribution in [1.29, 1.82) is 0 Å². The van der Waals surface area contributed by atoms with Crippen molar-refractivity contribution in [3.63, 3.8) is 0 Å². The molecule has 2 aromatic carbocycles. The van der Waals surface area contributed by atoms with Crippen LogP contribution in [-0.2, 0) is 10.0 Å². The van der Waals surface area contributed by atoms with E-state index in [1.165, 1.54) is 50.5 Å². The molecule has 1 heterocycles. The number of hydrogen-bond acceptors (Lipinski definition) is 4. The van der Waals surface area contributed by atoms with Crippen LogP contribution in [0.15, 0.2) is 52.3 Å². The van der Waals surface area contributed by atoms with Gasteiger partial charge < -0.3 is 5.32 Å². The van der Waals surface area contributed by atoms with E-state index in [2.05, 4.69) is 5.32 Å². The monoisotopic (exact) mass is 394 g/mol. The van der Waals surface area contributed by atoms with Gasteiger partial charge in [0.05, 0.1) is 10.9 Å². The molecule has 2 aromatic rings. The number of sulfonamides is 1. The molecule has 0 spiro atoms. The molecule has 1 amide bonds. The van der Waals surface area contributed by atoms with E-state index < -0.39 is 10.0 Å². The molecule has 0 aromatic heterocycles. The van der Waals surface area contributed by atoms with E-state index in [0.717, 1.165) is 20.5 Å². The molecule has 0 fully saturated rings. The van der Waals surface area contributed by atoms with Gasteiger partial charge in [0.25, 0.3) is 5.91 Å². The number of benzene rings is 2. The summed E-state index contributed by atoms with van der Waals surface area (Å²) in [5.41, 5.74) is 1.14. The van der Waals surface area contributed by atoms with Crippen LogP contribution in [0.1, 0.15) is 28.4 Å². The number of nitrogens with zero attached hydrogens (tertiary/aromatic N) is 1. The summed E-state index contributed by atoms with van der Waals surface area (Å²) in [5.74, 6) is 0.193. The minimum Gasteiger partial charge on any atom is -0.345 e. The predicted molar refractivity (Wildman–Crippen MR) is 99.3 cm³/mol. The zero-order chi connectivity index (χ0) is 18.9. The van der Waals surface area contributed by atoms with E-state index in [1.807, 2.05) is 0 Å². The second kappa shape index (κ2) is 7.38. The van der Waals surface area contributed by atoms with Crippen molar-refractivity contribution in [2.75, 3.05) is 19.8 Å². The second-order valence-corrected chi connectivity index (χ2v) is 9.45. The molecule has 1 aliphatic heterocycles. The Balaban J connectivity index is 1.79. The number of thioether (sulfide) groups is 1. The maximum atomic E-state index is 13.6. The molecule has 138 valence electrons. The lowest BCUT2D eigenvalue weighted by Crippen LogP contribution is -2.30. The lowest BCUT2D eigenvalue weighted by molar-refractivity contribution is 0.0934. The van der Waals surface area contributed by atoms with Gasteiger partial charge in [0.2, 0.25) is 10.0 Å². The van der Waals surface area contributed by atoms with Crippen molar-refractivity contribution in [1.82, 2.24) is 9.62 Å². The highest BCUT2D eigenvalue weighted by Gasteiger charge is 2.24. The van der Waals surface area contributed by atoms with E-state index in [1.54, 1.807) is 17.8 Å². The molecule has 1 N–H and O–H groups in total. The minimum atomic E-state index is -3.53. The lowest BCUT2D eigenvalue weighted by atomic mass is 10.0. The number of nitrogens with one attached hydrogen (secondary N) is 1.